The highest BCUT2D eigenvalue weighted by Crippen LogP contribution is 2.58. The van der Waals surface area contributed by atoms with Gasteiger partial charge in [-0.2, -0.15) is 12.8 Å². The van der Waals surface area contributed by atoms with Crippen molar-refractivity contribution in [3.05, 3.63) is 35.4 Å². The molecule has 1 N–H and O–H groups in total. The Morgan fingerprint density at radius 3 is 2.16 bits per heavy atom. The molecule has 7 nitrogen and oxygen atoms in total. The average molecular weight is 464 g/mol. The summed E-state index contributed by atoms with van der Waals surface area (Å²) in [6.45, 7) is 1.75. The fourth-order valence-electron chi connectivity index (χ4n) is 6.41. The molecule has 9 heteroatoms. The van der Waals surface area contributed by atoms with E-state index < -0.39 is 22.0 Å². The number of carbonyl (C=O) groups is 2. The van der Waals surface area contributed by atoms with Crippen molar-refractivity contribution in [1.29, 1.82) is 0 Å². The van der Waals surface area contributed by atoms with Crippen LogP contribution in [-0.2, 0) is 15.3 Å². The molecule has 1 aromatic carbocycles. The zero-order chi connectivity index (χ0) is 22.2. The maximum atomic E-state index is 14.0. The highest BCUT2D eigenvalue weighted by molar-refractivity contribution is 8.11. The van der Waals surface area contributed by atoms with Gasteiger partial charge in [0.15, 0.2) is 0 Å². The molecule has 0 aromatic heterocycles. The van der Waals surface area contributed by atoms with Crippen LogP contribution in [-0.4, -0.2) is 43.6 Å². The lowest BCUT2D eigenvalue weighted by atomic mass is 9.52. The molecular weight excluding hydrogens is 434 g/mol. The summed E-state index contributed by atoms with van der Waals surface area (Å²) in [6, 6.07) is 7.44. The van der Waals surface area contributed by atoms with Crippen LogP contribution in [0.4, 0.5) is 4.79 Å². The lowest BCUT2D eigenvalue weighted by Crippen LogP contribution is -2.63. The van der Waals surface area contributed by atoms with Crippen LogP contribution in [0.15, 0.2) is 28.6 Å². The van der Waals surface area contributed by atoms with Gasteiger partial charge in [-0.25, -0.2) is 0 Å². The second kappa shape index (κ2) is 9.03. The third kappa shape index (κ3) is 4.59. The third-order valence-corrected chi connectivity index (χ3v) is 8.13. The van der Waals surface area contributed by atoms with E-state index in [-0.39, 0.29) is 17.7 Å². The van der Waals surface area contributed by atoms with Crippen molar-refractivity contribution >= 4 is 33.6 Å². The second-order valence-electron chi connectivity index (χ2n) is 9.38. The number of hydrogen-bond acceptors (Lipinski definition) is 7. The van der Waals surface area contributed by atoms with E-state index in [0.29, 0.717) is 23.3 Å². The van der Waals surface area contributed by atoms with Gasteiger partial charge in [0.05, 0.1) is 18.0 Å². The number of hydrogen-bond donors (Lipinski definition) is 1. The van der Waals surface area contributed by atoms with Gasteiger partial charge in [0.25, 0.3) is 0 Å². The van der Waals surface area contributed by atoms with Gasteiger partial charge in [0, 0.05) is 11.9 Å². The quantitative estimate of drug-likeness (QED) is 0.642. The van der Waals surface area contributed by atoms with Gasteiger partial charge < -0.3 is 0 Å². The Morgan fingerprint density at radius 1 is 1.13 bits per heavy atom. The van der Waals surface area contributed by atoms with E-state index in [2.05, 4.69) is 9.08 Å². The van der Waals surface area contributed by atoms with Gasteiger partial charge in [-0.1, -0.05) is 29.8 Å². The lowest BCUT2D eigenvalue weighted by molar-refractivity contribution is -0.143. The van der Waals surface area contributed by atoms with Crippen LogP contribution in [0.25, 0.3) is 0 Å². The van der Waals surface area contributed by atoms with E-state index in [4.69, 9.17) is 0 Å². The molecule has 1 unspecified atom stereocenters. The van der Waals surface area contributed by atoms with Gasteiger partial charge >= 0.3 is 15.7 Å². The number of nitrogens with zero attached hydrogens (tertiary/aromatic N) is 2. The Hall–Kier alpha value is -1.71. The van der Waals surface area contributed by atoms with Crippen LogP contribution in [0.3, 0.4) is 0 Å². The van der Waals surface area contributed by atoms with Crippen LogP contribution in [0.1, 0.15) is 55.6 Å². The number of rotatable bonds is 6. The summed E-state index contributed by atoms with van der Waals surface area (Å²) in [7, 11) is -0.952. The van der Waals surface area contributed by atoms with E-state index in [1.807, 2.05) is 31.2 Å². The minimum absolute atomic E-state index is 0.196. The molecule has 4 fully saturated rings. The Morgan fingerprint density at radius 2 is 1.68 bits per heavy atom. The third-order valence-electron chi connectivity index (χ3n) is 7.21. The minimum Gasteiger partial charge on any atom is -0.274 e. The Labute approximate surface area is 189 Å². The molecule has 0 aliphatic heterocycles. The highest BCUT2D eigenvalue weighted by atomic mass is 32.2. The van der Waals surface area contributed by atoms with Crippen molar-refractivity contribution in [3.63, 3.8) is 0 Å². The van der Waals surface area contributed by atoms with Crippen molar-refractivity contribution in [1.82, 2.24) is 9.62 Å². The molecule has 1 atom stereocenters. The van der Waals surface area contributed by atoms with Gasteiger partial charge in [-0.3, -0.25) is 19.2 Å². The summed E-state index contributed by atoms with van der Waals surface area (Å²) in [5.41, 5.74) is 1.26. The summed E-state index contributed by atoms with van der Waals surface area (Å²) in [5, 5.41) is -0.310. The molecule has 4 aliphatic rings. The van der Waals surface area contributed by atoms with Crippen LogP contribution in [0.2, 0.25) is 0 Å². The molecule has 2 amide bonds. The molecule has 4 bridgehead atoms. The number of carbonyl (C=O) groups excluding carboxylic acids is 2. The van der Waals surface area contributed by atoms with E-state index >= 15 is 0 Å². The average Bonchev–Trinajstić information content (AvgIpc) is 2.68. The fourth-order valence-corrected chi connectivity index (χ4v) is 7.23. The number of nitrogens with one attached hydrogen (secondary N) is 1. The number of aryl methyl sites for hydroxylation is 1. The first-order valence-electron chi connectivity index (χ1n) is 10.9. The van der Waals surface area contributed by atoms with Crippen LogP contribution in [0, 0.1) is 24.7 Å². The zero-order valence-corrected chi connectivity index (χ0v) is 19.5. The van der Waals surface area contributed by atoms with E-state index in [1.54, 1.807) is 7.05 Å². The maximum Gasteiger partial charge on any atom is 0.311 e. The maximum absolute atomic E-state index is 14.0. The van der Waals surface area contributed by atoms with Crippen LogP contribution in [0.5, 0.6) is 0 Å². The molecule has 0 spiro atoms. The van der Waals surface area contributed by atoms with Gasteiger partial charge in [0.2, 0.25) is 5.91 Å². The Balaban J connectivity index is 1.73. The van der Waals surface area contributed by atoms with Crippen LogP contribution >= 0.6 is 11.9 Å². The summed E-state index contributed by atoms with van der Waals surface area (Å²) >= 11 is 0.920. The first-order valence-corrected chi connectivity index (χ1v) is 12.7. The smallest absolute Gasteiger partial charge is 0.274 e. The van der Waals surface area contributed by atoms with Gasteiger partial charge in [0.1, 0.15) is 0 Å². The monoisotopic (exact) mass is 463 g/mol. The summed E-state index contributed by atoms with van der Waals surface area (Å²) < 4.78 is 28.8. The molecular formula is C22H29N3O4S2. The predicted octanol–water partition coefficient (Wildman–Crippen LogP) is 3.93. The molecule has 0 saturated heterocycles. The topological polar surface area (TPSA) is 95.9 Å². The standard InChI is InChI=1S/C22H29N3O4S2/c1-14-3-5-18(6-4-14)19(13-24-31(28)29)20(26)25(21(27)30-23-2)22-10-15-7-16(11-22)9-17(8-15)12-22/h3-6,15-17,19,23H,7-13H2,1-2H3. The van der Waals surface area contributed by atoms with Crippen molar-refractivity contribution in [2.24, 2.45) is 22.1 Å². The van der Waals surface area contributed by atoms with E-state index in [9.17, 15) is 18.0 Å². The Bertz CT molecular complexity index is 947. The molecule has 31 heavy (non-hydrogen) atoms. The normalized spacial score (nSPS) is 29.4. The molecule has 0 radical (unpaired) electrons. The van der Waals surface area contributed by atoms with Crippen LogP contribution < -0.4 is 4.72 Å². The number of benzene rings is 1. The molecule has 168 valence electrons. The van der Waals surface area contributed by atoms with Crippen molar-refractivity contribution in [2.75, 3.05) is 13.6 Å². The number of amides is 2. The molecule has 5 rings (SSSR count). The summed E-state index contributed by atoms with van der Waals surface area (Å²) in [5.74, 6) is 0.530. The van der Waals surface area contributed by atoms with Crippen molar-refractivity contribution in [2.45, 2.75) is 56.9 Å². The second-order valence-corrected chi connectivity index (χ2v) is 11.0. The first kappa shape index (κ1) is 22.5. The summed E-state index contributed by atoms with van der Waals surface area (Å²) in [4.78, 5) is 28.8. The number of imide groups is 1. The largest absolute Gasteiger partial charge is 0.311 e. The zero-order valence-electron chi connectivity index (χ0n) is 17.9. The molecule has 0 heterocycles. The van der Waals surface area contributed by atoms with E-state index in [0.717, 1.165) is 36.8 Å². The van der Waals surface area contributed by atoms with Crippen molar-refractivity contribution < 1.29 is 18.0 Å². The Kier molecular flexibility index (Phi) is 6.55. The van der Waals surface area contributed by atoms with Gasteiger partial charge in [-0.15, -0.1) is 0 Å². The fraction of sp³-hybridized carbons (Fsp3) is 0.636. The SMILES string of the molecule is CNSC(=O)N(C(=O)C(CN=S(=O)=O)c1ccc(C)cc1)C12CC3CC(CC(C3)C1)C2. The van der Waals surface area contributed by atoms with E-state index in [1.165, 1.54) is 24.2 Å². The molecule has 4 saturated carbocycles. The minimum atomic E-state index is -2.62. The first-order chi connectivity index (χ1) is 14.8. The predicted molar refractivity (Wildman–Crippen MR) is 120 cm³/mol. The lowest BCUT2D eigenvalue weighted by Gasteiger charge is -2.59. The van der Waals surface area contributed by atoms with Gasteiger partial charge in [-0.05, 0) is 75.8 Å². The molecule has 4 aliphatic carbocycles. The molecule has 1 aromatic rings. The summed E-state index contributed by atoms with van der Waals surface area (Å²) in [6.07, 6.45) is 6.14. The van der Waals surface area contributed by atoms with Crippen molar-refractivity contribution in [3.8, 4) is 0 Å². The highest BCUT2D eigenvalue weighted by Gasteiger charge is 2.57.